The Hall–Kier alpha value is -1.59. The van der Waals surface area contributed by atoms with Crippen LogP contribution in [0.1, 0.15) is 24.0 Å². The lowest BCUT2D eigenvalue weighted by molar-refractivity contribution is 0.152. The van der Waals surface area contributed by atoms with Gasteiger partial charge in [0.05, 0.1) is 0 Å². The number of piperazine rings is 1. The molecule has 2 N–H and O–H groups in total. The SMILES string of the molecule is CN=C(NCCCCN1CCN(C)CC1)NCc1cccc(C)c1. The summed E-state index contributed by atoms with van der Waals surface area (Å²) in [6.45, 7) is 9.94. The molecule has 1 aliphatic rings. The Bertz CT molecular complexity index is 506. The van der Waals surface area contributed by atoms with Crippen molar-refractivity contribution in [1.29, 1.82) is 0 Å². The molecule has 5 nitrogen and oxygen atoms in total. The highest BCUT2D eigenvalue weighted by Crippen LogP contribution is 2.03. The van der Waals surface area contributed by atoms with Crippen molar-refractivity contribution in [3.8, 4) is 0 Å². The minimum atomic E-state index is 0.808. The van der Waals surface area contributed by atoms with Crippen LogP contribution in [0, 0.1) is 6.92 Å². The second kappa shape index (κ2) is 10.3. The molecule has 0 atom stereocenters. The van der Waals surface area contributed by atoms with Crippen LogP contribution in [0.5, 0.6) is 0 Å². The molecule has 0 saturated carbocycles. The van der Waals surface area contributed by atoms with Gasteiger partial charge in [0.15, 0.2) is 5.96 Å². The normalized spacial score (nSPS) is 17.0. The van der Waals surface area contributed by atoms with E-state index in [0.717, 1.165) is 19.0 Å². The molecule has 0 aliphatic carbocycles. The lowest BCUT2D eigenvalue weighted by Crippen LogP contribution is -2.44. The van der Waals surface area contributed by atoms with E-state index in [1.165, 1.54) is 56.7 Å². The maximum atomic E-state index is 4.30. The van der Waals surface area contributed by atoms with Gasteiger partial charge in [0.25, 0.3) is 0 Å². The number of unbranched alkanes of at least 4 members (excludes halogenated alkanes) is 1. The van der Waals surface area contributed by atoms with Gasteiger partial charge in [0.2, 0.25) is 0 Å². The van der Waals surface area contributed by atoms with Gasteiger partial charge in [-0.05, 0) is 38.9 Å². The third-order valence-corrected chi connectivity index (χ3v) is 4.56. The standard InChI is InChI=1S/C19H33N5/c1-17-7-6-8-18(15-17)16-22-19(20-2)21-9-4-5-10-24-13-11-23(3)12-14-24/h6-8,15H,4-5,9-14,16H2,1-3H3,(H2,20,21,22). The average Bonchev–Trinajstić information content (AvgIpc) is 2.59. The van der Waals surface area contributed by atoms with E-state index in [4.69, 9.17) is 0 Å². The molecule has 0 bridgehead atoms. The quantitative estimate of drug-likeness (QED) is 0.453. The Balaban J connectivity index is 1.56. The average molecular weight is 332 g/mol. The summed E-state index contributed by atoms with van der Waals surface area (Å²) in [6, 6.07) is 8.57. The first-order valence-electron chi connectivity index (χ1n) is 9.08. The monoisotopic (exact) mass is 331 g/mol. The molecule has 5 heteroatoms. The van der Waals surface area contributed by atoms with Crippen LogP contribution < -0.4 is 10.6 Å². The number of aryl methyl sites for hydroxylation is 1. The highest BCUT2D eigenvalue weighted by Gasteiger charge is 2.12. The van der Waals surface area contributed by atoms with E-state index in [1.807, 2.05) is 7.05 Å². The summed E-state index contributed by atoms with van der Waals surface area (Å²) in [5.74, 6) is 0.885. The van der Waals surface area contributed by atoms with Gasteiger partial charge in [-0.2, -0.15) is 0 Å². The smallest absolute Gasteiger partial charge is 0.191 e. The molecule has 1 saturated heterocycles. The Labute approximate surface area is 147 Å². The van der Waals surface area contributed by atoms with E-state index in [0.29, 0.717) is 0 Å². The first-order chi connectivity index (χ1) is 11.7. The van der Waals surface area contributed by atoms with Crippen molar-refractivity contribution in [2.24, 2.45) is 4.99 Å². The first kappa shape index (κ1) is 18.7. The molecule has 0 amide bonds. The van der Waals surface area contributed by atoms with E-state index in [1.54, 1.807) is 0 Å². The predicted octanol–water partition coefficient (Wildman–Crippen LogP) is 1.69. The van der Waals surface area contributed by atoms with E-state index in [2.05, 4.69) is 63.7 Å². The fourth-order valence-corrected chi connectivity index (χ4v) is 2.97. The number of hydrogen-bond acceptors (Lipinski definition) is 3. The van der Waals surface area contributed by atoms with E-state index in [9.17, 15) is 0 Å². The summed E-state index contributed by atoms with van der Waals surface area (Å²) in [4.78, 5) is 9.28. The summed E-state index contributed by atoms with van der Waals surface area (Å²) < 4.78 is 0. The molecular weight excluding hydrogens is 298 g/mol. The number of aliphatic imine (C=N–C) groups is 1. The molecular formula is C19H33N5. The lowest BCUT2D eigenvalue weighted by Gasteiger charge is -2.32. The molecule has 2 rings (SSSR count). The predicted molar refractivity (Wildman–Crippen MR) is 103 cm³/mol. The van der Waals surface area contributed by atoms with Crippen LogP contribution in [-0.2, 0) is 6.54 Å². The Kier molecular flexibility index (Phi) is 8.05. The van der Waals surface area contributed by atoms with Gasteiger partial charge in [-0.25, -0.2) is 0 Å². The third-order valence-electron chi connectivity index (χ3n) is 4.56. The molecule has 0 spiro atoms. The zero-order chi connectivity index (χ0) is 17.2. The van der Waals surface area contributed by atoms with Gasteiger partial charge in [-0.1, -0.05) is 29.8 Å². The van der Waals surface area contributed by atoms with Crippen molar-refractivity contribution in [3.05, 3.63) is 35.4 Å². The molecule has 0 radical (unpaired) electrons. The van der Waals surface area contributed by atoms with Gasteiger partial charge in [-0.3, -0.25) is 4.99 Å². The van der Waals surface area contributed by atoms with Gasteiger partial charge in [0, 0.05) is 46.3 Å². The van der Waals surface area contributed by atoms with Crippen LogP contribution in [0.4, 0.5) is 0 Å². The largest absolute Gasteiger partial charge is 0.356 e. The number of nitrogens with zero attached hydrogens (tertiary/aromatic N) is 3. The van der Waals surface area contributed by atoms with Crippen molar-refractivity contribution < 1.29 is 0 Å². The zero-order valence-electron chi connectivity index (χ0n) is 15.5. The Morgan fingerprint density at radius 2 is 1.92 bits per heavy atom. The number of likely N-dealkylation sites (N-methyl/N-ethyl adjacent to an activating group) is 1. The second-order valence-electron chi connectivity index (χ2n) is 6.69. The molecule has 1 aromatic carbocycles. The number of nitrogens with one attached hydrogen (secondary N) is 2. The number of rotatable bonds is 7. The lowest BCUT2D eigenvalue weighted by atomic mass is 10.1. The van der Waals surface area contributed by atoms with Crippen LogP contribution in [-0.4, -0.2) is 69.1 Å². The summed E-state index contributed by atoms with van der Waals surface area (Å²) >= 11 is 0. The fraction of sp³-hybridized carbons (Fsp3) is 0.632. The van der Waals surface area contributed by atoms with Gasteiger partial charge in [-0.15, -0.1) is 0 Å². The maximum absolute atomic E-state index is 4.30. The number of hydrogen-bond donors (Lipinski definition) is 2. The van der Waals surface area contributed by atoms with Gasteiger partial charge in [0.1, 0.15) is 0 Å². The van der Waals surface area contributed by atoms with E-state index in [-0.39, 0.29) is 0 Å². The van der Waals surface area contributed by atoms with Crippen molar-refractivity contribution in [1.82, 2.24) is 20.4 Å². The van der Waals surface area contributed by atoms with Gasteiger partial charge < -0.3 is 20.4 Å². The molecule has 1 aliphatic heterocycles. The summed E-state index contributed by atoms with van der Waals surface area (Å²) in [5.41, 5.74) is 2.58. The summed E-state index contributed by atoms with van der Waals surface area (Å²) in [7, 11) is 4.03. The second-order valence-corrected chi connectivity index (χ2v) is 6.69. The first-order valence-corrected chi connectivity index (χ1v) is 9.08. The molecule has 0 unspecified atom stereocenters. The van der Waals surface area contributed by atoms with Crippen molar-refractivity contribution in [2.45, 2.75) is 26.3 Å². The molecule has 134 valence electrons. The highest BCUT2D eigenvalue weighted by atomic mass is 15.2. The zero-order valence-corrected chi connectivity index (χ0v) is 15.5. The topological polar surface area (TPSA) is 42.9 Å². The highest BCUT2D eigenvalue weighted by molar-refractivity contribution is 5.79. The van der Waals surface area contributed by atoms with Crippen LogP contribution in [0.15, 0.2) is 29.3 Å². The van der Waals surface area contributed by atoms with E-state index < -0.39 is 0 Å². The molecule has 1 heterocycles. The molecule has 0 aromatic heterocycles. The number of guanidine groups is 1. The Morgan fingerprint density at radius 3 is 2.62 bits per heavy atom. The van der Waals surface area contributed by atoms with Crippen LogP contribution in [0.25, 0.3) is 0 Å². The van der Waals surface area contributed by atoms with Gasteiger partial charge >= 0.3 is 0 Å². The minimum Gasteiger partial charge on any atom is -0.356 e. The van der Waals surface area contributed by atoms with E-state index >= 15 is 0 Å². The van der Waals surface area contributed by atoms with Crippen molar-refractivity contribution in [3.63, 3.8) is 0 Å². The fourth-order valence-electron chi connectivity index (χ4n) is 2.97. The van der Waals surface area contributed by atoms with Crippen molar-refractivity contribution >= 4 is 5.96 Å². The third kappa shape index (κ3) is 6.89. The van der Waals surface area contributed by atoms with Crippen LogP contribution in [0.3, 0.4) is 0 Å². The molecule has 1 aromatic rings. The minimum absolute atomic E-state index is 0.808. The van der Waals surface area contributed by atoms with Crippen LogP contribution >= 0.6 is 0 Å². The van der Waals surface area contributed by atoms with Crippen molar-refractivity contribution in [2.75, 3.05) is 53.4 Å². The Morgan fingerprint density at radius 1 is 1.12 bits per heavy atom. The molecule has 1 fully saturated rings. The summed E-state index contributed by atoms with van der Waals surface area (Å²) in [6.07, 6.45) is 2.42. The van der Waals surface area contributed by atoms with Crippen LogP contribution in [0.2, 0.25) is 0 Å². The summed E-state index contributed by atoms with van der Waals surface area (Å²) in [5, 5.41) is 6.79. The maximum Gasteiger partial charge on any atom is 0.191 e. The molecule has 24 heavy (non-hydrogen) atoms. The number of benzene rings is 1.